The predicted molar refractivity (Wildman–Crippen MR) is 87.8 cm³/mol. The van der Waals surface area contributed by atoms with E-state index in [4.69, 9.17) is 12.2 Å². The summed E-state index contributed by atoms with van der Waals surface area (Å²) in [7, 11) is 0. The molecule has 0 saturated heterocycles. The zero-order valence-corrected chi connectivity index (χ0v) is 13.5. The molecule has 2 amide bonds. The van der Waals surface area contributed by atoms with E-state index in [0.29, 0.717) is 11.4 Å². The second kappa shape index (κ2) is 7.00. The number of carbonyl (C=O) groups excluding carboxylic acids is 2. The summed E-state index contributed by atoms with van der Waals surface area (Å²) in [5.41, 5.74) is 2.85. The number of nitro groups is 1. The maximum absolute atomic E-state index is 12.3. The first kappa shape index (κ1) is 17.3. The van der Waals surface area contributed by atoms with E-state index in [9.17, 15) is 19.7 Å². The molecule has 1 aliphatic heterocycles. The van der Waals surface area contributed by atoms with Gasteiger partial charge in [-0.1, -0.05) is 0 Å². The molecule has 1 unspecified atom stereocenters. The smallest absolute Gasteiger partial charge is 0.274 e. The van der Waals surface area contributed by atoms with E-state index < -0.39 is 22.8 Å². The third-order valence-corrected chi connectivity index (χ3v) is 3.21. The third-order valence-electron chi connectivity index (χ3n) is 2.93. The molecule has 0 saturated carbocycles. The van der Waals surface area contributed by atoms with Gasteiger partial charge in [0.25, 0.3) is 11.6 Å². The van der Waals surface area contributed by atoms with Crippen molar-refractivity contribution in [3.8, 4) is 0 Å². The Morgan fingerprint density at radius 3 is 2.58 bits per heavy atom. The monoisotopic (exact) mass is 348 g/mol. The fourth-order valence-electron chi connectivity index (χ4n) is 1.82. The second-order valence-corrected chi connectivity index (χ2v) is 5.13. The molecule has 1 aromatic rings. The van der Waals surface area contributed by atoms with Crippen LogP contribution in [-0.2, 0) is 9.59 Å². The van der Waals surface area contributed by atoms with Crippen LogP contribution in [0.3, 0.4) is 0 Å². The Balaban J connectivity index is 2.22. The number of hydrogen-bond donors (Lipinski definition) is 1. The first-order valence-electron chi connectivity index (χ1n) is 6.65. The van der Waals surface area contributed by atoms with Crippen LogP contribution in [0.1, 0.15) is 13.8 Å². The van der Waals surface area contributed by atoms with Gasteiger partial charge in [-0.2, -0.15) is 15.2 Å². The molecule has 1 aliphatic rings. The molecular weight excluding hydrogens is 336 g/mol. The van der Waals surface area contributed by atoms with Gasteiger partial charge in [0.1, 0.15) is 0 Å². The van der Waals surface area contributed by atoms with Gasteiger partial charge < -0.3 is 0 Å². The maximum atomic E-state index is 12.3. The molecule has 0 fully saturated rings. The van der Waals surface area contributed by atoms with Gasteiger partial charge in [0.15, 0.2) is 6.04 Å². The average Bonchev–Trinajstić information content (AvgIpc) is 2.51. The number of benzene rings is 1. The molecular formula is C13H12N6O4S. The summed E-state index contributed by atoms with van der Waals surface area (Å²) in [5, 5.41) is 19.1. The van der Waals surface area contributed by atoms with Crippen LogP contribution in [0.4, 0.5) is 11.4 Å². The summed E-state index contributed by atoms with van der Waals surface area (Å²) in [4.78, 5) is 37.5. The summed E-state index contributed by atoms with van der Waals surface area (Å²) in [6, 6.07) is 4.31. The van der Waals surface area contributed by atoms with E-state index in [1.54, 1.807) is 6.92 Å². The number of thiocarbonyl (C=S) groups is 1. The van der Waals surface area contributed by atoms with Gasteiger partial charge in [-0.25, -0.2) is 4.99 Å². The zero-order valence-electron chi connectivity index (χ0n) is 12.7. The molecule has 0 aliphatic carbocycles. The Hall–Kier alpha value is -3.08. The molecule has 0 aromatic heterocycles. The molecule has 1 N–H and O–H groups in total. The minimum absolute atomic E-state index is 0.0809. The zero-order chi connectivity index (χ0) is 17.9. The number of azo groups is 1. The Labute approximate surface area is 141 Å². The minimum atomic E-state index is -1.04. The number of nitrogens with one attached hydrogen (secondary N) is 1. The topological polar surface area (TPSA) is 130 Å². The molecule has 1 atom stereocenters. The Bertz CT molecular complexity index is 773. The molecule has 0 bridgehead atoms. The highest BCUT2D eigenvalue weighted by molar-refractivity contribution is 7.80. The SMILES string of the molecule is CC(=O)NN1C(=O)C(N=Nc2ccc([N+](=O)[O-])cc2)C(C)=NC1=S. The molecule has 1 heterocycles. The molecule has 11 heteroatoms. The fourth-order valence-corrected chi connectivity index (χ4v) is 2.10. The molecule has 124 valence electrons. The fraction of sp³-hybridized carbons (Fsp3) is 0.231. The molecule has 2 rings (SSSR count). The number of aliphatic imine (C=N–C) groups is 1. The third kappa shape index (κ3) is 3.81. The molecule has 1 aromatic carbocycles. The normalized spacial score (nSPS) is 17.8. The summed E-state index contributed by atoms with van der Waals surface area (Å²) in [6.45, 7) is 2.79. The van der Waals surface area contributed by atoms with Gasteiger partial charge in [-0.15, -0.1) is 0 Å². The van der Waals surface area contributed by atoms with Crippen molar-refractivity contribution in [3.63, 3.8) is 0 Å². The number of carbonyl (C=O) groups is 2. The maximum Gasteiger partial charge on any atom is 0.280 e. The lowest BCUT2D eigenvalue weighted by atomic mass is 10.1. The number of rotatable bonds is 4. The molecule has 10 nitrogen and oxygen atoms in total. The van der Waals surface area contributed by atoms with Crippen LogP contribution < -0.4 is 5.43 Å². The lowest BCUT2D eigenvalue weighted by Crippen LogP contribution is -2.55. The van der Waals surface area contributed by atoms with Gasteiger partial charge in [0.2, 0.25) is 11.0 Å². The number of hydrazine groups is 1. The highest BCUT2D eigenvalue weighted by Gasteiger charge is 2.34. The van der Waals surface area contributed by atoms with Crippen LogP contribution in [0.5, 0.6) is 0 Å². The number of non-ortho nitro benzene ring substituents is 1. The van der Waals surface area contributed by atoms with Gasteiger partial charge in [-0.3, -0.25) is 25.1 Å². The molecule has 0 spiro atoms. The van der Waals surface area contributed by atoms with E-state index in [1.807, 2.05) is 0 Å². The summed E-state index contributed by atoms with van der Waals surface area (Å²) in [5.74, 6) is -1.07. The van der Waals surface area contributed by atoms with Crippen molar-refractivity contribution in [1.82, 2.24) is 10.4 Å². The predicted octanol–water partition coefficient (Wildman–Crippen LogP) is 1.69. The Kier molecular flexibility index (Phi) is 5.04. The van der Waals surface area contributed by atoms with Crippen LogP contribution in [0.15, 0.2) is 39.5 Å². The van der Waals surface area contributed by atoms with E-state index in [2.05, 4.69) is 20.6 Å². The Morgan fingerprint density at radius 2 is 2.04 bits per heavy atom. The van der Waals surface area contributed by atoms with Crippen LogP contribution in [0, 0.1) is 10.1 Å². The number of hydrogen-bond acceptors (Lipinski definition) is 7. The van der Waals surface area contributed by atoms with Crippen molar-refractivity contribution in [2.24, 2.45) is 15.2 Å². The van der Waals surface area contributed by atoms with Crippen molar-refractivity contribution < 1.29 is 14.5 Å². The number of amides is 2. The average molecular weight is 348 g/mol. The molecule has 0 radical (unpaired) electrons. The summed E-state index contributed by atoms with van der Waals surface area (Å²) in [6.07, 6.45) is 0. The largest absolute Gasteiger partial charge is 0.280 e. The highest BCUT2D eigenvalue weighted by atomic mass is 32.1. The van der Waals surface area contributed by atoms with E-state index in [0.717, 1.165) is 5.01 Å². The second-order valence-electron chi connectivity index (χ2n) is 4.77. The van der Waals surface area contributed by atoms with Crippen LogP contribution >= 0.6 is 12.2 Å². The summed E-state index contributed by atoms with van der Waals surface area (Å²) < 4.78 is 0. The van der Waals surface area contributed by atoms with Gasteiger partial charge in [0, 0.05) is 19.1 Å². The van der Waals surface area contributed by atoms with Gasteiger partial charge in [-0.05, 0) is 31.3 Å². The lowest BCUT2D eigenvalue weighted by Gasteiger charge is -2.27. The minimum Gasteiger partial charge on any atom is -0.274 e. The van der Waals surface area contributed by atoms with Crippen molar-refractivity contribution in [2.45, 2.75) is 19.9 Å². The van der Waals surface area contributed by atoms with Crippen LogP contribution in [-0.4, -0.2) is 38.6 Å². The quantitative estimate of drug-likeness (QED) is 0.383. The van der Waals surface area contributed by atoms with Crippen molar-refractivity contribution >= 4 is 46.2 Å². The number of nitro benzene ring substituents is 1. The van der Waals surface area contributed by atoms with Crippen molar-refractivity contribution in [3.05, 3.63) is 34.4 Å². The van der Waals surface area contributed by atoms with E-state index in [1.165, 1.54) is 31.2 Å². The first-order valence-corrected chi connectivity index (χ1v) is 7.06. The summed E-state index contributed by atoms with van der Waals surface area (Å²) >= 11 is 4.94. The Morgan fingerprint density at radius 1 is 1.42 bits per heavy atom. The van der Waals surface area contributed by atoms with E-state index >= 15 is 0 Å². The van der Waals surface area contributed by atoms with E-state index in [-0.39, 0.29) is 10.8 Å². The molecule has 24 heavy (non-hydrogen) atoms. The standard InChI is InChI=1S/C13H12N6O4S/c1-7-11(12(21)18(13(24)14-7)17-8(2)20)16-15-9-3-5-10(6-4-9)19(22)23/h3-6,11H,1-2H3,(H,17,20). The van der Waals surface area contributed by atoms with Crippen LogP contribution in [0.25, 0.3) is 0 Å². The van der Waals surface area contributed by atoms with Gasteiger partial charge >= 0.3 is 0 Å². The highest BCUT2D eigenvalue weighted by Crippen LogP contribution is 2.19. The van der Waals surface area contributed by atoms with Gasteiger partial charge in [0.05, 0.1) is 16.3 Å². The number of nitrogens with zero attached hydrogens (tertiary/aromatic N) is 5. The van der Waals surface area contributed by atoms with Crippen LogP contribution in [0.2, 0.25) is 0 Å². The van der Waals surface area contributed by atoms with Crippen molar-refractivity contribution in [1.29, 1.82) is 0 Å². The first-order chi connectivity index (χ1) is 11.3. The van der Waals surface area contributed by atoms with Crippen molar-refractivity contribution in [2.75, 3.05) is 0 Å². The lowest BCUT2D eigenvalue weighted by molar-refractivity contribution is -0.384.